The van der Waals surface area contributed by atoms with Gasteiger partial charge in [0.15, 0.2) is 0 Å². The highest BCUT2D eigenvalue weighted by molar-refractivity contribution is 5.23. The Morgan fingerprint density at radius 1 is 1.20 bits per heavy atom. The average Bonchev–Trinajstić information content (AvgIpc) is 2.48. The molecule has 0 aliphatic rings. The van der Waals surface area contributed by atoms with Gasteiger partial charge in [0, 0.05) is 25.5 Å². The zero-order chi connectivity index (χ0) is 14.4. The van der Waals surface area contributed by atoms with Crippen molar-refractivity contribution in [3.8, 4) is 0 Å². The average molecular weight is 270 g/mol. The lowest BCUT2D eigenvalue weighted by atomic mass is 10.1. The molecule has 106 valence electrons. The summed E-state index contributed by atoms with van der Waals surface area (Å²) in [5.74, 6) is 0. The zero-order valence-corrected chi connectivity index (χ0v) is 12.2. The van der Waals surface area contributed by atoms with Gasteiger partial charge in [-0.15, -0.1) is 0 Å². The van der Waals surface area contributed by atoms with Gasteiger partial charge in [0.25, 0.3) is 0 Å². The third-order valence-corrected chi connectivity index (χ3v) is 3.47. The minimum atomic E-state index is -0.452. The van der Waals surface area contributed by atoms with E-state index < -0.39 is 6.10 Å². The van der Waals surface area contributed by atoms with E-state index in [1.165, 1.54) is 11.1 Å². The smallest absolute Gasteiger partial charge is 0.0917 e. The molecule has 2 aromatic rings. The minimum Gasteiger partial charge on any atom is -0.387 e. The van der Waals surface area contributed by atoms with Crippen molar-refractivity contribution in [2.75, 3.05) is 13.1 Å². The van der Waals surface area contributed by atoms with E-state index in [0.29, 0.717) is 6.54 Å². The first-order valence-electron chi connectivity index (χ1n) is 7.05. The molecule has 1 unspecified atom stereocenters. The Morgan fingerprint density at radius 2 is 1.95 bits per heavy atom. The summed E-state index contributed by atoms with van der Waals surface area (Å²) >= 11 is 0. The number of hydrogen-bond acceptors (Lipinski definition) is 3. The largest absolute Gasteiger partial charge is 0.387 e. The molecule has 0 saturated heterocycles. The predicted molar refractivity (Wildman–Crippen MR) is 81.3 cm³/mol. The quantitative estimate of drug-likeness (QED) is 0.876. The molecule has 1 aromatic heterocycles. The van der Waals surface area contributed by atoms with Crippen LogP contribution >= 0.6 is 0 Å². The van der Waals surface area contributed by atoms with Gasteiger partial charge in [-0.1, -0.05) is 42.8 Å². The van der Waals surface area contributed by atoms with E-state index >= 15 is 0 Å². The summed E-state index contributed by atoms with van der Waals surface area (Å²) in [7, 11) is 0. The van der Waals surface area contributed by atoms with Crippen LogP contribution in [0.4, 0.5) is 0 Å². The molecule has 0 spiro atoms. The fraction of sp³-hybridized carbons (Fsp3) is 0.353. The van der Waals surface area contributed by atoms with Gasteiger partial charge in [-0.3, -0.25) is 9.88 Å². The van der Waals surface area contributed by atoms with Crippen LogP contribution in [-0.4, -0.2) is 28.1 Å². The van der Waals surface area contributed by atoms with Crippen LogP contribution in [0.15, 0.2) is 48.8 Å². The summed E-state index contributed by atoms with van der Waals surface area (Å²) in [5.41, 5.74) is 3.36. The Morgan fingerprint density at radius 3 is 2.55 bits per heavy atom. The van der Waals surface area contributed by atoms with Crippen molar-refractivity contribution in [2.24, 2.45) is 0 Å². The molecule has 3 heteroatoms. The summed E-state index contributed by atoms with van der Waals surface area (Å²) in [6, 6.07) is 12.1. The monoisotopic (exact) mass is 270 g/mol. The van der Waals surface area contributed by atoms with Crippen LogP contribution in [0.3, 0.4) is 0 Å². The van der Waals surface area contributed by atoms with Crippen molar-refractivity contribution in [2.45, 2.75) is 26.5 Å². The fourth-order valence-corrected chi connectivity index (χ4v) is 2.19. The number of rotatable bonds is 6. The third-order valence-electron chi connectivity index (χ3n) is 3.47. The molecule has 0 saturated carbocycles. The molecule has 1 atom stereocenters. The molecule has 0 aliphatic carbocycles. The molecule has 0 fully saturated rings. The van der Waals surface area contributed by atoms with Gasteiger partial charge >= 0.3 is 0 Å². The predicted octanol–water partition coefficient (Wildman–Crippen LogP) is 2.95. The van der Waals surface area contributed by atoms with Crippen LogP contribution in [0.25, 0.3) is 0 Å². The highest BCUT2D eigenvalue weighted by atomic mass is 16.3. The van der Waals surface area contributed by atoms with E-state index in [-0.39, 0.29) is 0 Å². The fourth-order valence-electron chi connectivity index (χ4n) is 2.19. The van der Waals surface area contributed by atoms with Crippen molar-refractivity contribution >= 4 is 0 Å². The lowest BCUT2D eigenvalue weighted by molar-refractivity contribution is 0.112. The molecule has 1 N–H and O–H groups in total. The van der Waals surface area contributed by atoms with E-state index in [4.69, 9.17) is 0 Å². The maximum Gasteiger partial charge on any atom is 0.0917 e. The van der Waals surface area contributed by atoms with E-state index in [1.807, 2.05) is 36.5 Å². The van der Waals surface area contributed by atoms with Crippen LogP contribution < -0.4 is 0 Å². The number of benzene rings is 1. The van der Waals surface area contributed by atoms with Crippen LogP contribution in [0.5, 0.6) is 0 Å². The number of pyridine rings is 1. The van der Waals surface area contributed by atoms with Crippen molar-refractivity contribution in [1.82, 2.24) is 9.88 Å². The number of aryl methyl sites for hydroxylation is 1. The highest BCUT2D eigenvalue weighted by Gasteiger charge is 2.12. The second-order valence-electron chi connectivity index (χ2n) is 5.12. The molecular weight excluding hydrogens is 248 g/mol. The number of likely N-dealkylation sites (N-methyl/N-ethyl adjacent to an activating group) is 1. The lowest BCUT2D eigenvalue weighted by Crippen LogP contribution is -2.28. The standard InChI is InChI=1S/C17H22N2O/c1-3-19(12-15-5-4-10-18-11-15)13-17(20)16-8-6-14(2)7-9-16/h4-11,17,20H,3,12-13H2,1-2H3. The molecule has 0 amide bonds. The first-order chi connectivity index (χ1) is 9.69. The van der Waals surface area contributed by atoms with E-state index in [2.05, 4.69) is 29.8 Å². The zero-order valence-electron chi connectivity index (χ0n) is 12.2. The van der Waals surface area contributed by atoms with Crippen LogP contribution in [0.2, 0.25) is 0 Å². The molecule has 1 heterocycles. The third kappa shape index (κ3) is 4.15. The Bertz CT molecular complexity index is 510. The molecule has 3 nitrogen and oxygen atoms in total. The number of nitrogens with zero attached hydrogens (tertiary/aromatic N) is 2. The van der Waals surface area contributed by atoms with Gasteiger partial charge in [-0.05, 0) is 30.7 Å². The number of aliphatic hydroxyl groups excluding tert-OH is 1. The van der Waals surface area contributed by atoms with Gasteiger partial charge in [0.2, 0.25) is 0 Å². The second kappa shape index (κ2) is 7.17. The first kappa shape index (κ1) is 14.7. The van der Waals surface area contributed by atoms with Gasteiger partial charge in [-0.2, -0.15) is 0 Å². The van der Waals surface area contributed by atoms with Crippen molar-refractivity contribution < 1.29 is 5.11 Å². The number of hydrogen-bond donors (Lipinski definition) is 1. The Hall–Kier alpha value is -1.71. The highest BCUT2D eigenvalue weighted by Crippen LogP contribution is 2.16. The summed E-state index contributed by atoms with van der Waals surface area (Å²) in [4.78, 5) is 6.35. The van der Waals surface area contributed by atoms with Crippen molar-refractivity contribution in [3.05, 3.63) is 65.5 Å². The van der Waals surface area contributed by atoms with E-state index in [0.717, 1.165) is 18.7 Å². The molecule has 1 aromatic carbocycles. The SMILES string of the molecule is CCN(Cc1cccnc1)CC(O)c1ccc(C)cc1. The minimum absolute atomic E-state index is 0.452. The molecule has 2 rings (SSSR count). The number of aliphatic hydroxyl groups is 1. The van der Waals surface area contributed by atoms with E-state index in [9.17, 15) is 5.11 Å². The Labute approximate surface area is 120 Å². The molecular formula is C17H22N2O. The Kier molecular flexibility index (Phi) is 5.27. The molecule has 0 radical (unpaired) electrons. The van der Waals surface area contributed by atoms with Gasteiger partial charge in [0.1, 0.15) is 0 Å². The molecule has 0 aliphatic heterocycles. The molecule has 20 heavy (non-hydrogen) atoms. The summed E-state index contributed by atoms with van der Waals surface area (Å²) in [5, 5.41) is 10.3. The van der Waals surface area contributed by atoms with Crippen LogP contribution in [-0.2, 0) is 6.54 Å². The summed E-state index contributed by atoms with van der Waals surface area (Å²) in [6.45, 7) is 6.51. The molecule has 0 bridgehead atoms. The number of aromatic nitrogens is 1. The van der Waals surface area contributed by atoms with Crippen molar-refractivity contribution in [1.29, 1.82) is 0 Å². The summed E-state index contributed by atoms with van der Waals surface area (Å²) in [6.07, 6.45) is 3.20. The van der Waals surface area contributed by atoms with Crippen LogP contribution in [0, 0.1) is 6.92 Å². The van der Waals surface area contributed by atoms with Crippen molar-refractivity contribution in [3.63, 3.8) is 0 Å². The Balaban J connectivity index is 1.97. The lowest BCUT2D eigenvalue weighted by Gasteiger charge is -2.23. The second-order valence-corrected chi connectivity index (χ2v) is 5.12. The van der Waals surface area contributed by atoms with Gasteiger partial charge in [0.05, 0.1) is 6.10 Å². The summed E-state index contributed by atoms with van der Waals surface area (Å²) < 4.78 is 0. The maximum atomic E-state index is 10.3. The van der Waals surface area contributed by atoms with Gasteiger partial charge in [-0.25, -0.2) is 0 Å². The van der Waals surface area contributed by atoms with E-state index in [1.54, 1.807) is 6.20 Å². The topological polar surface area (TPSA) is 36.4 Å². The maximum absolute atomic E-state index is 10.3. The van der Waals surface area contributed by atoms with Gasteiger partial charge < -0.3 is 5.11 Å². The van der Waals surface area contributed by atoms with Crippen LogP contribution in [0.1, 0.15) is 29.7 Å². The first-order valence-corrected chi connectivity index (χ1v) is 7.05. The normalized spacial score (nSPS) is 12.6.